The minimum atomic E-state index is -0.612. The Morgan fingerprint density at radius 2 is 1.89 bits per heavy atom. The van der Waals surface area contributed by atoms with Gasteiger partial charge in [-0.3, -0.25) is 14.4 Å². The van der Waals surface area contributed by atoms with Crippen LogP contribution in [-0.2, 0) is 19.1 Å². The Kier molecular flexibility index (Phi) is 9.67. The Bertz CT molecular complexity index is 905. The van der Waals surface area contributed by atoms with E-state index in [4.69, 9.17) is 4.74 Å². The van der Waals surface area contributed by atoms with Crippen molar-refractivity contribution >= 4 is 29.5 Å². The number of fused-ring (bicyclic) bond motifs is 1. The smallest absolute Gasteiger partial charge is 0.311 e. The molecule has 1 aliphatic carbocycles. The van der Waals surface area contributed by atoms with Gasteiger partial charge in [-0.25, -0.2) is 0 Å². The van der Waals surface area contributed by atoms with Crippen LogP contribution in [0.5, 0.6) is 0 Å². The average Bonchev–Trinajstić information content (AvgIpc) is 3.48. The van der Waals surface area contributed by atoms with Crippen LogP contribution in [0.4, 0.5) is 0 Å². The maximum Gasteiger partial charge on any atom is 0.311 e. The molecule has 3 heterocycles. The minimum Gasteiger partial charge on any atom is -0.465 e. The normalized spacial score (nSPS) is 32.3. The van der Waals surface area contributed by atoms with Crippen LogP contribution in [0.25, 0.3) is 0 Å². The first-order valence-electron chi connectivity index (χ1n) is 14.6. The number of allylic oxidation sites excluding steroid dienone is 1. The summed E-state index contributed by atoms with van der Waals surface area (Å²) in [5.41, 5.74) is 0. The van der Waals surface area contributed by atoms with E-state index in [0.29, 0.717) is 32.5 Å². The van der Waals surface area contributed by atoms with Crippen LogP contribution < -0.4 is 0 Å². The molecule has 4 aliphatic rings. The van der Waals surface area contributed by atoms with Crippen LogP contribution >= 0.6 is 11.8 Å². The number of carbonyl (C=O) groups is 3. The number of unbranched alkanes of at least 4 members (excludes halogenated alkanes) is 3. The molecule has 2 unspecified atom stereocenters. The average molecular weight is 547 g/mol. The molecule has 4 fully saturated rings. The van der Waals surface area contributed by atoms with E-state index in [0.717, 1.165) is 57.8 Å². The lowest BCUT2D eigenvalue weighted by Gasteiger charge is -2.41. The summed E-state index contributed by atoms with van der Waals surface area (Å²) in [5, 5.41) is 9.26. The number of aliphatic hydroxyl groups excluding tert-OH is 1. The Hall–Kier alpha value is -1.80. The van der Waals surface area contributed by atoms with Crippen LogP contribution in [0.2, 0.25) is 0 Å². The largest absolute Gasteiger partial charge is 0.465 e. The van der Waals surface area contributed by atoms with Crippen molar-refractivity contribution in [2.24, 2.45) is 11.8 Å². The zero-order valence-electron chi connectivity index (χ0n) is 23.1. The van der Waals surface area contributed by atoms with Gasteiger partial charge >= 0.3 is 5.97 Å². The number of aliphatic hydroxyl groups is 1. The van der Waals surface area contributed by atoms with Gasteiger partial charge in [-0.2, -0.15) is 0 Å². The van der Waals surface area contributed by atoms with Gasteiger partial charge in [-0.15, -0.1) is 24.9 Å². The molecule has 4 rings (SSSR count). The highest BCUT2D eigenvalue weighted by atomic mass is 32.2. The van der Waals surface area contributed by atoms with E-state index < -0.39 is 27.4 Å². The number of amides is 2. The van der Waals surface area contributed by atoms with Gasteiger partial charge in [0, 0.05) is 30.5 Å². The molecule has 5 atom stereocenters. The maximum atomic E-state index is 14.5. The summed E-state index contributed by atoms with van der Waals surface area (Å²) >= 11 is 1.71. The predicted octanol–water partition coefficient (Wildman–Crippen LogP) is 4.49. The number of nitrogens with zero attached hydrogens (tertiary/aromatic N) is 2. The molecule has 7 nitrogen and oxygen atoms in total. The summed E-state index contributed by atoms with van der Waals surface area (Å²) in [7, 11) is 0. The van der Waals surface area contributed by atoms with E-state index in [2.05, 4.69) is 20.1 Å². The molecule has 38 heavy (non-hydrogen) atoms. The van der Waals surface area contributed by atoms with E-state index in [9.17, 15) is 19.5 Å². The summed E-state index contributed by atoms with van der Waals surface area (Å²) in [6.45, 7) is 11.1. The number of thioether (sulfide) groups is 1. The van der Waals surface area contributed by atoms with Crippen LogP contribution in [0, 0.1) is 11.8 Å². The molecule has 1 saturated carbocycles. The van der Waals surface area contributed by atoms with Crippen LogP contribution in [0.15, 0.2) is 25.3 Å². The number of hydrogen-bond acceptors (Lipinski definition) is 6. The Morgan fingerprint density at radius 1 is 1.13 bits per heavy atom. The Balaban J connectivity index is 1.65. The lowest BCUT2D eigenvalue weighted by atomic mass is 9.66. The van der Waals surface area contributed by atoms with Gasteiger partial charge in [-0.05, 0) is 64.7 Å². The fourth-order valence-corrected chi connectivity index (χ4v) is 9.81. The molecule has 0 aromatic heterocycles. The van der Waals surface area contributed by atoms with Crippen molar-refractivity contribution in [3.05, 3.63) is 25.3 Å². The van der Waals surface area contributed by atoms with Gasteiger partial charge < -0.3 is 19.6 Å². The number of rotatable bonds is 14. The first-order valence-corrected chi connectivity index (χ1v) is 15.5. The Morgan fingerprint density at radius 3 is 2.58 bits per heavy atom. The van der Waals surface area contributed by atoms with E-state index in [-0.39, 0.29) is 30.4 Å². The molecule has 1 spiro atoms. The zero-order valence-corrected chi connectivity index (χ0v) is 23.9. The molecule has 8 heteroatoms. The van der Waals surface area contributed by atoms with Gasteiger partial charge in [-0.1, -0.05) is 31.4 Å². The van der Waals surface area contributed by atoms with Gasteiger partial charge in [0.1, 0.15) is 6.04 Å². The maximum absolute atomic E-state index is 14.5. The Labute approximate surface area is 232 Å². The molecular formula is C30H46N2O5S. The number of esters is 1. The highest BCUT2D eigenvalue weighted by Gasteiger charge is 2.77. The number of ether oxygens (including phenoxy) is 1. The van der Waals surface area contributed by atoms with E-state index in [1.807, 2.05) is 11.0 Å². The molecule has 0 radical (unpaired) electrons. The third-order valence-corrected chi connectivity index (χ3v) is 11.2. The fourth-order valence-electron chi connectivity index (χ4n) is 7.47. The van der Waals surface area contributed by atoms with Crippen molar-refractivity contribution in [3.8, 4) is 0 Å². The summed E-state index contributed by atoms with van der Waals surface area (Å²) < 4.78 is 4.69. The molecular weight excluding hydrogens is 500 g/mol. The zero-order chi connectivity index (χ0) is 27.3. The quantitative estimate of drug-likeness (QED) is 0.196. The second-order valence-electron chi connectivity index (χ2n) is 11.7. The molecule has 2 amide bonds. The summed E-state index contributed by atoms with van der Waals surface area (Å²) in [6, 6.07) is -0.415. The standard InChI is InChI=1S/C30H46N2O5S/c1-4-6-13-21-37-28(36)24-23-26(34)32(19-11-8-12-20-33)25(30(23)17-16-29(24,3)38-30)27(35)31(18-5-2)22-14-9-7-10-15-22/h4-5,22-25,33H,1-2,6-21H2,3H3/t23-,24-,25?,29+,30?/m0/s1. The SMILES string of the molecule is C=CCCCOC(=O)[C@@H]1[C@H]2C(=O)N(CCCCCO)C(C(=O)N(CC=C)C3CCCCC3)C23CC[C@@]1(C)S3. The van der Waals surface area contributed by atoms with E-state index in [1.54, 1.807) is 22.7 Å². The van der Waals surface area contributed by atoms with Crippen molar-refractivity contribution in [1.82, 2.24) is 9.80 Å². The number of carbonyl (C=O) groups excluding carboxylic acids is 3. The van der Waals surface area contributed by atoms with Gasteiger partial charge in [0.15, 0.2) is 0 Å². The monoisotopic (exact) mass is 546 g/mol. The lowest BCUT2D eigenvalue weighted by molar-refractivity contribution is -0.155. The highest BCUT2D eigenvalue weighted by Crippen LogP contribution is 2.71. The van der Waals surface area contributed by atoms with Crippen molar-refractivity contribution < 1.29 is 24.2 Å². The first-order chi connectivity index (χ1) is 18.3. The lowest BCUT2D eigenvalue weighted by Crippen LogP contribution is -2.57. The van der Waals surface area contributed by atoms with Crippen molar-refractivity contribution in [2.75, 3.05) is 26.3 Å². The number of hydrogen-bond donors (Lipinski definition) is 1. The highest BCUT2D eigenvalue weighted by molar-refractivity contribution is 8.02. The van der Waals surface area contributed by atoms with Crippen molar-refractivity contribution in [2.45, 2.75) is 106 Å². The fraction of sp³-hybridized carbons (Fsp3) is 0.767. The second kappa shape index (κ2) is 12.6. The molecule has 0 aromatic rings. The van der Waals surface area contributed by atoms with E-state index >= 15 is 0 Å². The number of likely N-dealkylation sites (tertiary alicyclic amines) is 1. The van der Waals surface area contributed by atoms with Crippen molar-refractivity contribution in [1.29, 1.82) is 0 Å². The second-order valence-corrected chi connectivity index (χ2v) is 13.6. The van der Waals surface area contributed by atoms with Gasteiger partial charge in [0.2, 0.25) is 11.8 Å². The van der Waals surface area contributed by atoms with Crippen LogP contribution in [0.1, 0.15) is 84.0 Å². The van der Waals surface area contributed by atoms with Crippen LogP contribution in [-0.4, -0.2) is 80.6 Å². The third-order valence-electron chi connectivity index (χ3n) is 9.24. The topological polar surface area (TPSA) is 87.1 Å². The predicted molar refractivity (Wildman–Crippen MR) is 151 cm³/mol. The molecule has 0 aromatic carbocycles. The molecule has 212 valence electrons. The molecule has 2 bridgehead atoms. The van der Waals surface area contributed by atoms with Crippen LogP contribution in [0.3, 0.4) is 0 Å². The summed E-state index contributed by atoms with van der Waals surface area (Å²) in [5.74, 6) is -1.43. The first kappa shape index (κ1) is 29.2. The minimum absolute atomic E-state index is 0.0200. The van der Waals surface area contributed by atoms with E-state index in [1.165, 1.54) is 6.42 Å². The molecule has 1 N–H and O–H groups in total. The summed E-state index contributed by atoms with van der Waals surface area (Å²) in [6.07, 6.45) is 14.2. The third kappa shape index (κ3) is 5.32. The van der Waals surface area contributed by atoms with Crippen molar-refractivity contribution in [3.63, 3.8) is 0 Å². The summed E-state index contributed by atoms with van der Waals surface area (Å²) in [4.78, 5) is 46.0. The molecule has 3 saturated heterocycles. The van der Waals surface area contributed by atoms with Gasteiger partial charge in [0.25, 0.3) is 0 Å². The van der Waals surface area contributed by atoms with Gasteiger partial charge in [0.05, 0.1) is 23.2 Å². The molecule has 3 aliphatic heterocycles.